The standard InChI is InChI=1S/C13H15ClO/c1-3-4-11(9-15)8-12-6-5-10(2)7-13(12)14/h5-9H,3-4H2,1-2H3/b11-8-. The number of benzene rings is 1. The molecule has 0 atom stereocenters. The van der Waals surface area contributed by atoms with Gasteiger partial charge < -0.3 is 0 Å². The lowest BCUT2D eigenvalue weighted by atomic mass is 10.1. The van der Waals surface area contributed by atoms with Crippen molar-refractivity contribution < 1.29 is 4.79 Å². The first kappa shape index (κ1) is 12.0. The zero-order valence-electron chi connectivity index (χ0n) is 9.09. The molecule has 0 aliphatic heterocycles. The molecule has 1 rings (SSSR count). The second-order valence-electron chi connectivity index (χ2n) is 3.61. The largest absolute Gasteiger partial charge is 0.298 e. The summed E-state index contributed by atoms with van der Waals surface area (Å²) in [6, 6.07) is 5.84. The Kier molecular flexibility index (Phi) is 4.57. The summed E-state index contributed by atoms with van der Waals surface area (Å²) < 4.78 is 0. The number of carbonyl (C=O) groups excluding carboxylic acids is 1. The van der Waals surface area contributed by atoms with Crippen molar-refractivity contribution in [1.29, 1.82) is 0 Å². The van der Waals surface area contributed by atoms with Crippen molar-refractivity contribution in [2.24, 2.45) is 0 Å². The van der Waals surface area contributed by atoms with Crippen LogP contribution in [0.25, 0.3) is 6.08 Å². The number of halogens is 1. The lowest BCUT2D eigenvalue weighted by Crippen LogP contribution is -1.85. The molecule has 0 fully saturated rings. The molecule has 1 nitrogen and oxygen atoms in total. The molecule has 1 aromatic carbocycles. The molecule has 0 aliphatic carbocycles. The van der Waals surface area contributed by atoms with E-state index in [0.29, 0.717) is 5.02 Å². The maximum Gasteiger partial charge on any atom is 0.146 e. The molecule has 1 aromatic rings. The second-order valence-corrected chi connectivity index (χ2v) is 4.02. The van der Waals surface area contributed by atoms with Gasteiger partial charge in [0, 0.05) is 5.02 Å². The number of hydrogen-bond acceptors (Lipinski definition) is 1. The highest BCUT2D eigenvalue weighted by atomic mass is 35.5. The topological polar surface area (TPSA) is 17.1 Å². The summed E-state index contributed by atoms with van der Waals surface area (Å²) in [5.41, 5.74) is 2.83. The summed E-state index contributed by atoms with van der Waals surface area (Å²) in [6.07, 6.45) is 4.53. The van der Waals surface area contributed by atoms with Crippen LogP contribution in [0.4, 0.5) is 0 Å². The zero-order chi connectivity index (χ0) is 11.3. The minimum absolute atomic E-state index is 0.699. The van der Waals surface area contributed by atoms with Crippen LogP contribution in [0, 0.1) is 6.92 Å². The molecule has 0 N–H and O–H groups in total. The predicted octanol–water partition coefficient (Wildman–Crippen LogP) is 4.03. The van der Waals surface area contributed by atoms with Crippen LogP contribution in [0.3, 0.4) is 0 Å². The van der Waals surface area contributed by atoms with E-state index in [4.69, 9.17) is 11.6 Å². The van der Waals surface area contributed by atoms with Gasteiger partial charge in [0.1, 0.15) is 6.29 Å². The number of hydrogen-bond donors (Lipinski definition) is 0. The summed E-state index contributed by atoms with van der Waals surface area (Å²) in [5, 5.41) is 0.699. The van der Waals surface area contributed by atoms with Crippen molar-refractivity contribution in [3.63, 3.8) is 0 Å². The molecule has 0 saturated heterocycles. The van der Waals surface area contributed by atoms with Crippen LogP contribution < -0.4 is 0 Å². The highest BCUT2D eigenvalue weighted by Gasteiger charge is 1.99. The van der Waals surface area contributed by atoms with Crippen LogP contribution in [0.15, 0.2) is 23.8 Å². The first-order valence-corrected chi connectivity index (χ1v) is 5.47. The molecule has 80 valence electrons. The van der Waals surface area contributed by atoms with Crippen LogP contribution in [0.1, 0.15) is 30.9 Å². The number of aryl methyl sites for hydroxylation is 1. The third-order valence-electron chi connectivity index (χ3n) is 2.19. The predicted molar refractivity (Wildman–Crippen MR) is 65.1 cm³/mol. The number of rotatable bonds is 4. The minimum Gasteiger partial charge on any atom is -0.298 e. The molecule has 2 heteroatoms. The lowest BCUT2D eigenvalue weighted by Gasteiger charge is -2.02. The molecule has 0 spiro atoms. The fraction of sp³-hybridized carbons (Fsp3) is 0.308. The van der Waals surface area contributed by atoms with Crippen LogP contribution in [-0.4, -0.2) is 6.29 Å². The Bertz CT molecular complexity index is 380. The van der Waals surface area contributed by atoms with Gasteiger partial charge in [-0.2, -0.15) is 0 Å². The van der Waals surface area contributed by atoms with E-state index in [1.807, 2.05) is 38.1 Å². The highest BCUT2D eigenvalue weighted by molar-refractivity contribution is 6.32. The van der Waals surface area contributed by atoms with E-state index >= 15 is 0 Å². The molecule has 15 heavy (non-hydrogen) atoms. The van der Waals surface area contributed by atoms with Crippen molar-refractivity contribution in [2.75, 3.05) is 0 Å². The average molecular weight is 223 g/mol. The van der Waals surface area contributed by atoms with Crippen molar-refractivity contribution in [3.8, 4) is 0 Å². The maximum absolute atomic E-state index is 10.8. The van der Waals surface area contributed by atoms with E-state index in [1.54, 1.807) is 0 Å². The van der Waals surface area contributed by atoms with Crippen molar-refractivity contribution in [3.05, 3.63) is 39.9 Å². The van der Waals surface area contributed by atoms with E-state index in [0.717, 1.165) is 35.8 Å². The van der Waals surface area contributed by atoms with Gasteiger partial charge >= 0.3 is 0 Å². The van der Waals surface area contributed by atoms with Gasteiger partial charge in [0.25, 0.3) is 0 Å². The first-order valence-electron chi connectivity index (χ1n) is 5.09. The summed E-state index contributed by atoms with van der Waals surface area (Å²) >= 11 is 6.07. The van der Waals surface area contributed by atoms with Crippen molar-refractivity contribution in [2.45, 2.75) is 26.7 Å². The summed E-state index contributed by atoms with van der Waals surface area (Å²) in [6.45, 7) is 4.04. The molecule has 0 aliphatic rings. The normalized spacial score (nSPS) is 11.5. The Morgan fingerprint density at radius 3 is 2.73 bits per heavy atom. The highest BCUT2D eigenvalue weighted by Crippen LogP contribution is 2.20. The van der Waals surface area contributed by atoms with E-state index in [-0.39, 0.29) is 0 Å². The SMILES string of the molecule is CCC/C(C=O)=C/c1ccc(C)cc1Cl. The van der Waals surface area contributed by atoms with E-state index in [9.17, 15) is 4.79 Å². The Morgan fingerprint density at radius 1 is 1.47 bits per heavy atom. The molecule has 0 bridgehead atoms. The molecule has 0 aromatic heterocycles. The number of carbonyl (C=O) groups is 1. The van der Waals surface area contributed by atoms with Crippen molar-refractivity contribution in [1.82, 2.24) is 0 Å². The van der Waals surface area contributed by atoms with Gasteiger partial charge in [0.05, 0.1) is 0 Å². The Morgan fingerprint density at radius 2 is 2.20 bits per heavy atom. The molecule has 0 saturated carbocycles. The quantitative estimate of drug-likeness (QED) is 0.555. The average Bonchev–Trinajstić information content (AvgIpc) is 2.21. The molecule has 0 radical (unpaired) electrons. The van der Waals surface area contributed by atoms with Gasteiger partial charge in [-0.05, 0) is 42.2 Å². The Balaban J connectivity index is 3.00. The maximum atomic E-state index is 10.8. The van der Waals surface area contributed by atoms with E-state index in [2.05, 4.69) is 0 Å². The summed E-state index contributed by atoms with van der Waals surface area (Å²) in [7, 11) is 0. The minimum atomic E-state index is 0.699. The summed E-state index contributed by atoms with van der Waals surface area (Å²) in [5.74, 6) is 0. The van der Waals surface area contributed by atoms with Gasteiger partial charge in [-0.3, -0.25) is 4.79 Å². The molecular formula is C13H15ClO. The number of allylic oxidation sites excluding steroid dienone is 1. The molecular weight excluding hydrogens is 208 g/mol. The van der Waals surface area contributed by atoms with Crippen molar-refractivity contribution >= 4 is 24.0 Å². The Hall–Kier alpha value is -1.08. The van der Waals surface area contributed by atoms with Gasteiger partial charge in [-0.25, -0.2) is 0 Å². The van der Waals surface area contributed by atoms with E-state index < -0.39 is 0 Å². The smallest absolute Gasteiger partial charge is 0.146 e. The zero-order valence-corrected chi connectivity index (χ0v) is 9.84. The monoisotopic (exact) mass is 222 g/mol. The number of aldehydes is 1. The third kappa shape index (κ3) is 3.52. The lowest BCUT2D eigenvalue weighted by molar-refractivity contribution is -0.105. The van der Waals surface area contributed by atoms with Gasteiger partial charge in [-0.1, -0.05) is 37.1 Å². The van der Waals surface area contributed by atoms with Crippen LogP contribution in [0.2, 0.25) is 5.02 Å². The van der Waals surface area contributed by atoms with Gasteiger partial charge in [0.2, 0.25) is 0 Å². The van der Waals surface area contributed by atoms with Gasteiger partial charge in [-0.15, -0.1) is 0 Å². The van der Waals surface area contributed by atoms with Crippen LogP contribution in [0.5, 0.6) is 0 Å². The summed E-state index contributed by atoms with van der Waals surface area (Å²) in [4.78, 5) is 10.8. The van der Waals surface area contributed by atoms with Gasteiger partial charge in [0.15, 0.2) is 0 Å². The molecule has 0 unspecified atom stereocenters. The Labute approximate surface area is 95.8 Å². The van der Waals surface area contributed by atoms with E-state index in [1.165, 1.54) is 0 Å². The first-order chi connectivity index (χ1) is 7.17. The molecule has 0 heterocycles. The van der Waals surface area contributed by atoms with Crippen LogP contribution >= 0.6 is 11.6 Å². The van der Waals surface area contributed by atoms with Crippen LogP contribution in [-0.2, 0) is 4.79 Å². The fourth-order valence-electron chi connectivity index (χ4n) is 1.40. The second kappa shape index (κ2) is 5.72. The molecule has 0 amide bonds. The fourth-order valence-corrected chi connectivity index (χ4v) is 1.69. The third-order valence-corrected chi connectivity index (χ3v) is 2.51.